The van der Waals surface area contributed by atoms with Crippen molar-refractivity contribution < 1.29 is 36.0 Å². The second-order valence-electron chi connectivity index (χ2n) is 3.24. The van der Waals surface area contributed by atoms with Gasteiger partial charge in [-0.05, 0) is 19.3 Å². The third-order valence-corrected chi connectivity index (χ3v) is 3.05. The Morgan fingerprint density at radius 3 is 2.56 bits per heavy atom. The minimum absolute atomic E-state index is 0.291. The topological polar surface area (TPSA) is 112 Å². The Morgan fingerprint density at radius 1 is 1.25 bits per heavy atom. The first-order valence-corrected chi connectivity index (χ1v) is 6.50. The number of hydrogen-bond donors (Lipinski definition) is 2. The van der Waals surface area contributed by atoms with Crippen molar-refractivity contribution >= 4 is 22.7 Å². The summed E-state index contributed by atoms with van der Waals surface area (Å²) in [6.45, 7) is 0. The highest BCUT2D eigenvalue weighted by atomic mass is 32.3. The van der Waals surface area contributed by atoms with Crippen LogP contribution < -0.4 is 0 Å². The van der Waals surface area contributed by atoms with Gasteiger partial charge < -0.3 is 0 Å². The van der Waals surface area contributed by atoms with Crippen LogP contribution in [0.15, 0.2) is 0 Å². The normalized spacial score (nSPS) is 26.9. The van der Waals surface area contributed by atoms with Crippen molar-refractivity contribution in [3.05, 3.63) is 0 Å². The van der Waals surface area contributed by atoms with E-state index in [0.29, 0.717) is 38.0 Å². The second-order valence-corrected chi connectivity index (χ2v) is 4.75. The lowest BCUT2D eigenvalue weighted by Crippen LogP contribution is -2.28. The van der Waals surface area contributed by atoms with Crippen LogP contribution in [0, 0.1) is 0 Å². The van der Waals surface area contributed by atoms with Gasteiger partial charge in [-0.25, -0.2) is 9.44 Å². The fraction of sp³-hybridized carbons (Fsp3) is 1.00. The summed E-state index contributed by atoms with van der Waals surface area (Å²) in [5.74, 6) is 0. The van der Waals surface area contributed by atoms with E-state index in [1.165, 1.54) is 0 Å². The van der Waals surface area contributed by atoms with E-state index in [9.17, 15) is 8.42 Å². The molecule has 0 bridgehead atoms. The summed E-state index contributed by atoms with van der Waals surface area (Å²) < 4.78 is 42.9. The average molecular weight is 276 g/mol. The molecule has 0 aromatic rings. The first-order valence-electron chi connectivity index (χ1n) is 4.47. The molecule has 2 atom stereocenters. The molecule has 1 saturated carbocycles. The quantitative estimate of drug-likeness (QED) is 0.242. The van der Waals surface area contributed by atoms with E-state index >= 15 is 0 Å². The SMILES string of the molecule is O=S(=O)(O)OC1CCCC(OSOOO)C1. The molecule has 0 aromatic heterocycles. The van der Waals surface area contributed by atoms with Gasteiger partial charge in [-0.1, -0.05) is 5.04 Å². The second kappa shape index (κ2) is 6.71. The predicted octanol–water partition coefficient (Wildman–Crippen LogP) is 1.12. The lowest BCUT2D eigenvalue weighted by molar-refractivity contribution is -0.434. The van der Waals surface area contributed by atoms with E-state index in [1.807, 2.05) is 0 Å². The summed E-state index contributed by atoms with van der Waals surface area (Å²) in [5, 5.41) is 11.2. The maximum Gasteiger partial charge on any atom is 0.397 e. The van der Waals surface area contributed by atoms with Gasteiger partial charge in [-0.3, -0.25) is 8.74 Å². The van der Waals surface area contributed by atoms with Crippen LogP contribution in [0.25, 0.3) is 0 Å². The molecule has 16 heavy (non-hydrogen) atoms. The molecule has 8 nitrogen and oxygen atoms in total. The molecular formula is C6H12O8S2. The van der Waals surface area contributed by atoms with Crippen molar-refractivity contribution in [2.75, 3.05) is 0 Å². The maximum atomic E-state index is 10.5. The molecule has 1 aliphatic carbocycles. The Labute approximate surface area is 97.0 Å². The van der Waals surface area contributed by atoms with Crippen LogP contribution in [-0.4, -0.2) is 30.4 Å². The van der Waals surface area contributed by atoms with Gasteiger partial charge >= 0.3 is 10.4 Å². The van der Waals surface area contributed by atoms with Crippen LogP contribution in [0.3, 0.4) is 0 Å². The third kappa shape index (κ3) is 5.96. The molecule has 1 rings (SSSR count). The van der Waals surface area contributed by atoms with Crippen LogP contribution in [-0.2, 0) is 28.1 Å². The third-order valence-electron chi connectivity index (χ3n) is 2.07. The van der Waals surface area contributed by atoms with E-state index in [0.717, 1.165) is 0 Å². The highest BCUT2D eigenvalue weighted by Gasteiger charge is 2.27. The van der Waals surface area contributed by atoms with E-state index in [2.05, 4.69) is 13.6 Å². The lowest BCUT2D eigenvalue weighted by atomic mass is 9.95. The van der Waals surface area contributed by atoms with Crippen LogP contribution in [0.1, 0.15) is 25.7 Å². The van der Waals surface area contributed by atoms with Gasteiger partial charge in [0.1, 0.15) is 0 Å². The molecule has 0 saturated heterocycles. The van der Waals surface area contributed by atoms with Crippen molar-refractivity contribution in [2.45, 2.75) is 37.9 Å². The zero-order valence-electron chi connectivity index (χ0n) is 8.14. The summed E-state index contributed by atoms with van der Waals surface area (Å²) in [5.41, 5.74) is 0. The minimum Gasteiger partial charge on any atom is -0.286 e. The van der Waals surface area contributed by atoms with Crippen molar-refractivity contribution in [3.8, 4) is 0 Å². The van der Waals surface area contributed by atoms with Gasteiger partial charge in [0.2, 0.25) is 0 Å². The molecule has 0 radical (unpaired) electrons. The van der Waals surface area contributed by atoms with Gasteiger partial charge in [-0.15, -0.1) is 4.33 Å². The van der Waals surface area contributed by atoms with Crippen LogP contribution in [0.2, 0.25) is 0 Å². The fourth-order valence-corrected chi connectivity index (χ4v) is 2.39. The van der Waals surface area contributed by atoms with Crippen molar-refractivity contribution in [3.63, 3.8) is 0 Å². The van der Waals surface area contributed by atoms with Gasteiger partial charge in [0, 0.05) is 6.42 Å². The van der Waals surface area contributed by atoms with Crippen LogP contribution in [0.5, 0.6) is 0 Å². The van der Waals surface area contributed by atoms with Crippen LogP contribution in [0.4, 0.5) is 0 Å². The zero-order valence-corrected chi connectivity index (χ0v) is 9.78. The standard InChI is InChI=1S/C6H12O8S2/c7-13-14-15-11-5-2-1-3-6(4-5)12-16(8,9)10/h5-7H,1-4H2,(H,8,9,10). The predicted molar refractivity (Wildman–Crippen MR) is 52.2 cm³/mol. The minimum atomic E-state index is -4.43. The summed E-state index contributed by atoms with van der Waals surface area (Å²) in [7, 11) is -4.43. The largest absolute Gasteiger partial charge is 0.397 e. The number of hydrogen-bond acceptors (Lipinski definition) is 8. The summed E-state index contributed by atoms with van der Waals surface area (Å²) >= 11 is 0.440. The summed E-state index contributed by atoms with van der Waals surface area (Å²) in [4.78, 5) is 0. The van der Waals surface area contributed by atoms with Gasteiger partial charge in [0.15, 0.2) is 12.3 Å². The first kappa shape index (κ1) is 14.1. The van der Waals surface area contributed by atoms with E-state index < -0.39 is 16.5 Å². The highest BCUT2D eigenvalue weighted by Crippen LogP contribution is 2.27. The van der Waals surface area contributed by atoms with Gasteiger partial charge in [0.25, 0.3) is 0 Å². The molecule has 2 N–H and O–H groups in total. The molecular weight excluding hydrogens is 264 g/mol. The maximum absolute atomic E-state index is 10.5. The Kier molecular flexibility index (Phi) is 5.92. The summed E-state index contributed by atoms with van der Waals surface area (Å²) in [6, 6.07) is 0. The van der Waals surface area contributed by atoms with Crippen molar-refractivity contribution in [1.29, 1.82) is 0 Å². The molecule has 2 unspecified atom stereocenters. The van der Waals surface area contributed by atoms with Crippen LogP contribution >= 0.6 is 12.3 Å². The van der Waals surface area contributed by atoms with E-state index in [-0.39, 0.29) is 6.10 Å². The Bertz CT molecular complexity index is 291. The molecule has 1 aliphatic rings. The Hall–Kier alpha value is 0.0600. The number of rotatable bonds is 6. The molecule has 0 heterocycles. The first-order chi connectivity index (χ1) is 7.51. The van der Waals surface area contributed by atoms with E-state index in [4.69, 9.17) is 14.0 Å². The molecule has 96 valence electrons. The van der Waals surface area contributed by atoms with Crippen molar-refractivity contribution in [2.24, 2.45) is 0 Å². The smallest absolute Gasteiger partial charge is 0.286 e. The fourth-order valence-electron chi connectivity index (χ4n) is 1.53. The zero-order chi connectivity index (χ0) is 12.0. The Balaban J connectivity index is 2.30. The lowest BCUT2D eigenvalue weighted by Gasteiger charge is -2.26. The molecule has 0 aliphatic heterocycles. The van der Waals surface area contributed by atoms with E-state index in [1.54, 1.807) is 0 Å². The summed E-state index contributed by atoms with van der Waals surface area (Å²) in [6.07, 6.45) is 1.34. The Morgan fingerprint density at radius 2 is 1.94 bits per heavy atom. The highest BCUT2D eigenvalue weighted by molar-refractivity contribution is 7.89. The van der Waals surface area contributed by atoms with Gasteiger partial charge in [0.05, 0.1) is 12.2 Å². The van der Waals surface area contributed by atoms with Crippen molar-refractivity contribution in [1.82, 2.24) is 0 Å². The molecule has 1 fully saturated rings. The molecule has 0 spiro atoms. The molecule has 0 amide bonds. The molecule has 10 heteroatoms. The average Bonchev–Trinajstić information content (AvgIpc) is 2.16. The van der Waals surface area contributed by atoms with Gasteiger partial charge in [-0.2, -0.15) is 8.42 Å². The molecule has 0 aromatic carbocycles. The monoisotopic (exact) mass is 276 g/mol.